The van der Waals surface area contributed by atoms with Crippen molar-refractivity contribution in [2.45, 2.75) is 13.5 Å². The van der Waals surface area contributed by atoms with Gasteiger partial charge in [0.1, 0.15) is 0 Å². The van der Waals surface area contributed by atoms with Gasteiger partial charge in [-0.1, -0.05) is 0 Å². The molecule has 0 aliphatic carbocycles. The van der Waals surface area contributed by atoms with Crippen LogP contribution in [0.15, 0.2) is 49.1 Å². The molecule has 3 rings (SSSR count). The number of hydrogen-bond acceptors (Lipinski definition) is 4. The second kappa shape index (κ2) is 5.52. The first-order valence-electron chi connectivity index (χ1n) is 6.42. The standard InChI is InChI=1S/C15H15N5/c1-11-4-5-14(10-17-11)18-8-13-9-19-20-15(13)12-3-2-6-16-7-12/h2-7,9-10,18H,8H2,1H3,(H,19,20). The molecule has 0 atom stereocenters. The average molecular weight is 265 g/mol. The highest BCUT2D eigenvalue weighted by Crippen LogP contribution is 2.20. The Morgan fingerprint density at radius 2 is 2.10 bits per heavy atom. The lowest BCUT2D eigenvalue weighted by Gasteiger charge is -2.06. The molecule has 5 heteroatoms. The van der Waals surface area contributed by atoms with E-state index in [1.54, 1.807) is 6.20 Å². The van der Waals surface area contributed by atoms with E-state index in [4.69, 9.17) is 0 Å². The summed E-state index contributed by atoms with van der Waals surface area (Å²) in [5.41, 5.74) is 5.12. The van der Waals surface area contributed by atoms with Crippen LogP contribution in [0.3, 0.4) is 0 Å². The molecular formula is C15H15N5. The van der Waals surface area contributed by atoms with E-state index in [9.17, 15) is 0 Å². The molecule has 3 aromatic rings. The number of hydrogen-bond donors (Lipinski definition) is 2. The molecule has 0 bridgehead atoms. The van der Waals surface area contributed by atoms with Gasteiger partial charge in [0, 0.05) is 35.8 Å². The Morgan fingerprint density at radius 1 is 1.15 bits per heavy atom. The summed E-state index contributed by atoms with van der Waals surface area (Å²) in [6.45, 7) is 2.66. The highest BCUT2D eigenvalue weighted by molar-refractivity contribution is 5.62. The van der Waals surface area contributed by atoms with Gasteiger partial charge >= 0.3 is 0 Å². The number of anilines is 1. The fourth-order valence-corrected chi connectivity index (χ4v) is 1.98. The van der Waals surface area contributed by atoms with Crippen LogP contribution in [0.25, 0.3) is 11.3 Å². The topological polar surface area (TPSA) is 66.5 Å². The maximum absolute atomic E-state index is 4.26. The third kappa shape index (κ3) is 2.66. The third-order valence-corrected chi connectivity index (χ3v) is 3.06. The van der Waals surface area contributed by atoms with E-state index in [1.165, 1.54) is 0 Å². The zero-order valence-electron chi connectivity index (χ0n) is 11.2. The number of rotatable bonds is 4. The van der Waals surface area contributed by atoms with Gasteiger partial charge in [-0.15, -0.1) is 0 Å². The lowest BCUT2D eigenvalue weighted by Crippen LogP contribution is -2.00. The SMILES string of the molecule is Cc1ccc(NCc2cn[nH]c2-c2cccnc2)cn1. The van der Waals surface area contributed by atoms with E-state index in [2.05, 4.69) is 25.5 Å². The van der Waals surface area contributed by atoms with Gasteiger partial charge in [-0.25, -0.2) is 0 Å². The molecule has 3 heterocycles. The summed E-state index contributed by atoms with van der Waals surface area (Å²) in [4.78, 5) is 8.40. The molecule has 0 aromatic carbocycles. The van der Waals surface area contributed by atoms with Crippen molar-refractivity contribution >= 4 is 5.69 Å². The molecule has 0 aliphatic rings. The van der Waals surface area contributed by atoms with Crippen LogP contribution in [0.5, 0.6) is 0 Å². The summed E-state index contributed by atoms with van der Waals surface area (Å²) >= 11 is 0. The van der Waals surface area contributed by atoms with Gasteiger partial charge in [-0.05, 0) is 31.2 Å². The molecule has 0 unspecified atom stereocenters. The fraction of sp³-hybridized carbons (Fsp3) is 0.133. The molecule has 100 valence electrons. The van der Waals surface area contributed by atoms with Gasteiger partial charge in [0.15, 0.2) is 0 Å². The van der Waals surface area contributed by atoms with E-state index in [0.29, 0.717) is 6.54 Å². The monoisotopic (exact) mass is 265 g/mol. The molecule has 20 heavy (non-hydrogen) atoms. The Hall–Kier alpha value is -2.69. The molecule has 0 radical (unpaired) electrons. The normalized spacial score (nSPS) is 10.4. The number of pyridine rings is 2. The molecular weight excluding hydrogens is 250 g/mol. The fourth-order valence-electron chi connectivity index (χ4n) is 1.98. The van der Waals surface area contributed by atoms with Crippen LogP contribution in [-0.4, -0.2) is 20.2 Å². The Balaban J connectivity index is 1.76. The summed E-state index contributed by atoms with van der Waals surface area (Å²) in [6.07, 6.45) is 7.25. The van der Waals surface area contributed by atoms with Crippen molar-refractivity contribution in [3.8, 4) is 11.3 Å². The van der Waals surface area contributed by atoms with E-state index in [-0.39, 0.29) is 0 Å². The van der Waals surface area contributed by atoms with Crippen molar-refractivity contribution in [2.24, 2.45) is 0 Å². The Kier molecular flexibility index (Phi) is 3.41. The van der Waals surface area contributed by atoms with Crippen LogP contribution in [0.4, 0.5) is 5.69 Å². The maximum atomic E-state index is 4.26. The lowest BCUT2D eigenvalue weighted by atomic mass is 10.1. The minimum Gasteiger partial charge on any atom is -0.380 e. The molecule has 0 saturated heterocycles. The second-order valence-corrected chi connectivity index (χ2v) is 4.55. The first-order valence-corrected chi connectivity index (χ1v) is 6.42. The maximum Gasteiger partial charge on any atom is 0.0715 e. The summed E-state index contributed by atoms with van der Waals surface area (Å²) in [5.74, 6) is 0. The first kappa shape index (κ1) is 12.3. The quantitative estimate of drug-likeness (QED) is 0.761. The smallest absolute Gasteiger partial charge is 0.0715 e. The Morgan fingerprint density at radius 3 is 2.85 bits per heavy atom. The molecule has 3 aromatic heterocycles. The second-order valence-electron chi connectivity index (χ2n) is 4.55. The molecule has 0 amide bonds. The number of aromatic nitrogens is 4. The van der Waals surface area contributed by atoms with Gasteiger partial charge in [0.05, 0.1) is 23.8 Å². The van der Waals surface area contributed by atoms with Crippen molar-refractivity contribution in [3.05, 3.63) is 60.3 Å². The largest absolute Gasteiger partial charge is 0.380 e. The van der Waals surface area contributed by atoms with Gasteiger partial charge in [0.2, 0.25) is 0 Å². The van der Waals surface area contributed by atoms with E-state index >= 15 is 0 Å². The van der Waals surface area contributed by atoms with Gasteiger partial charge in [-0.2, -0.15) is 5.10 Å². The van der Waals surface area contributed by atoms with Crippen LogP contribution in [0.1, 0.15) is 11.3 Å². The molecule has 0 saturated carbocycles. The third-order valence-electron chi connectivity index (χ3n) is 3.06. The molecule has 5 nitrogen and oxygen atoms in total. The number of aromatic amines is 1. The van der Waals surface area contributed by atoms with Crippen LogP contribution >= 0.6 is 0 Å². The van der Waals surface area contributed by atoms with Crippen molar-refractivity contribution in [3.63, 3.8) is 0 Å². The van der Waals surface area contributed by atoms with Gasteiger partial charge in [0.25, 0.3) is 0 Å². The number of aryl methyl sites for hydroxylation is 1. The highest BCUT2D eigenvalue weighted by Gasteiger charge is 2.07. The molecule has 0 aliphatic heterocycles. The van der Waals surface area contributed by atoms with E-state index in [1.807, 2.05) is 49.8 Å². The van der Waals surface area contributed by atoms with Crippen LogP contribution in [0.2, 0.25) is 0 Å². The first-order chi connectivity index (χ1) is 9.83. The van der Waals surface area contributed by atoms with Crippen molar-refractivity contribution in [1.29, 1.82) is 0 Å². The number of H-pyrrole nitrogens is 1. The Labute approximate surface area is 117 Å². The van der Waals surface area contributed by atoms with E-state index in [0.717, 1.165) is 28.2 Å². The number of nitrogens with one attached hydrogen (secondary N) is 2. The molecule has 0 spiro atoms. The number of nitrogens with zero attached hydrogens (tertiary/aromatic N) is 3. The summed E-state index contributed by atoms with van der Waals surface area (Å²) in [6, 6.07) is 7.93. The van der Waals surface area contributed by atoms with E-state index < -0.39 is 0 Å². The van der Waals surface area contributed by atoms with Crippen molar-refractivity contribution in [2.75, 3.05) is 5.32 Å². The zero-order valence-corrected chi connectivity index (χ0v) is 11.2. The highest BCUT2D eigenvalue weighted by atomic mass is 15.1. The lowest BCUT2D eigenvalue weighted by molar-refractivity contribution is 1.09. The van der Waals surface area contributed by atoms with Crippen LogP contribution in [0, 0.1) is 6.92 Å². The summed E-state index contributed by atoms with van der Waals surface area (Å²) < 4.78 is 0. The average Bonchev–Trinajstić information content (AvgIpc) is 2.96. The predicted octanol–water partition coefficient (Wildman–Crippen LogP) is 2.79. The zero-order chi connectivity index (χ0) is 13.8. The Bertz CT molecular complexity index is 673. The summed E-state index contributed by atoms with van der Waals surface area (Å²) in [7, 11) is 0. The minimum atomic E-state index is 0.686. The minimum absolute atomic E-state index is 0.686. The molecule has 0 fully saturated rings. The summed E-state index contributed by atoms with van der Waals surface area (Å²) in [5, 5.41) is 10.5. The van der Waals surface area contributed by atoms with Crippen LogP contribution in [-0.2, 0) is 6.54 Å². The predicted molar refractivity (Wildman–Crippen MR) is 78.1 cm³/mol. The van der Waals surface area contributed by atoms with Gasteiger partial charge < -0.3 is 5.32 Å². The van der Waals surface area contributed by atoms with Crippen LogP contribution < -0.4 is 5.32 Å². The van der Waals surface area contributed by atoms with Crippen molar-refractivity contribution < 1.29 is 0 Å². The van der Waals surface area contributed by atoms with Gasteiger partial charge in [-0.3, -0.25) is 15.1 Å². The van der Waals surface area contributed by atoms with Crippen molar-refractivity contribution in [1.82, 2.24) is 20.2 Å². The molecule has 2 N–H and O–H groups in total.